The maximum Gasteiger partial charge on any atom is 0.289 e. The van der Waals surface area contributed by atoms with E-state index in [1.54, 1.807) is 12.3 Å². The van der Waals surface area contributed by atoms with E-state index in [0.717, 1.165) is 15.7 Å². The van der Waals surface area contributed by atoms with Crippen molar-refractivity contribution in [2.45, 2.75) is 6.92 Å². The molecule has 1 aromatic heterocycles. The molecular formula is C9H8N2O. The lowest BCUT2D eigenvalue weighted by Gasteiger charge is -2.03. The zero-order valence-corrected chi connectivity index (χ0v) is 6.69. The molecule has 1 aromatic carbocycles. The number of nitrogens with zero attached hydrogens (tertiary/aromatic N) is 2. The zero-order chi connectivity index (χ0) is 8.55. The second-order valence-corrected chi connectivity index (χ2v) is 2.78. The predicted octanol–water partition coefficient (Wildman–Crippen LogP) is 1.18. The predicted molar refractivity (Wildman–Crippen MR) is 45.4 cm³/mol. The first kappa shape index (κ1) is 7.03. The number of benzene rings is 1. The van der Waals surface area contributed by atoms with Crippen molar-refractivity contribution < 1.29 is 4.73 Å². The lowest BCUT2D eigenvalue weighted by atomic mass is 10.2. The third kappa shape index (κ3) is 0.993. The van der Waals surface area contributed by atoms with Gasteiger partial charge in [0, 0.05) is 0 Å². The van der Waals surface area contributed by atoms with Crippen LogP contribution < -0.4 is 4.73 Å². The highest BCUT2D eigenvalue weighted by Gasteiger charge is 1.99. The van der Waals surface area contributed by atoms with E-state index in [0.29, 0.717) is 5.52 Å². The second kappa shape index (κ2) is 2.44. The van der Waals surface area contributed by atoms with Crippen molar-refractivity contribution in [2.24, 2.45) is 0 Å². The summed E-state index contributed by atoms with van der Waals surface area (Å²) in [6, 6.07) is 5.66. The number of rotatable bonds is 0. The molecule has 12 heavy (non-hydrogen) atoms. The van der Waals surface area contributed by atoms with E-state index in [2.05, 4.69) is 4.98 Å². The van der Waals surface area contributed by atoms with Gasteiger partial charge in [-0.3, -0.25) is 0 Å². The highest BCUT2D eigenvalue weighted by atomic mass is 16.5. The van der Waals surface area contributed by atoms with Crippen molar-refractivity contribution >= 4 is 10.9 Å². The van der Waals surface area contributed by atoms with Crippen molar-refractivity contribution in [1.82, 2.24) is 4.98 Å². The maximum absolute atomic E-state index is 11.1. The van der Waals surface area contributed by atoms with Gasteiger partial charge < -0.3 is 5.21 Å². The topological polar surface area (TPSA) is 39.8 Å². The van der Waals surface area contributed by atoms with Gasteiger partial charge in [0.1, 0.15) is 5.52 Å². The SMILES string of the molecule is Cc1ccc2c(cnc[n+]2[O-])c1. The Morgan fingerprint density at radius 2 is 2.25 bits per heavy atom. The lowest BCUT2D eigenvalue weighted by molar-refractivity contribution is -0.580. The van der Waals surface area contributed by atoms with Crippen molar-refractivity contribution in [2.75, 3.05) is 0 Å². The summed E-state index contributed by atoms with van der Waals surface area (Å²) in [5.41, 5.74) is 1.80. The molecule has 0 saturated carbocycles. The van der Waals surface area contributed by atoms with Gasteiger partial charge >= 0.3 is 0 Å². The zero-order valence-electron chi connectivity index (χ0n) is 6.69. The van der Waals surface area contributed by atoms with Gasteiger partial charge in [-0.05, 0) is 19.1 Å². The number of fused-ring (bicyclic) bond motifs is 1. The number of hydrogen-bond acceptors (Lipinski definition) is 2. The summed E-state index contributed by atoms with van der Waals surface area (Å²) < 4.78 is 0.773. The smallest absolute Gasteiger partial charge is 0.289 e. The van der Waals surface area contributed by atoms with Crippen LogP contribution in [0.3, 0.4) is 0 Å². The third-order valence-corrected chi connectivity index (χ3v) is 1.81. The molecule has 0 atom stereocenters. The first-order valence-electron chi connectivity index (χ1n) is 3.71. The Labute approximate surface area is 69.9 Å². The molecule has 0 amide bonds. The van der Waals surface area contributed by atoms with Crippen molar-refractivity contribution in [1.29, 1.82) is 0 Å². The first-order valence-corrected chi connectivity index (χ1v) is 3.71. The van der Waals surface area contributed by atoms with Crippen LogP contribution >= 0.6 is 0 Å². The molecule has 1 heterocycles. The fraction of sp³-hybridized carbons (Fsp3) is 0.111. The van der Waals surface area contributed by atoms with Crippen molar-refractivity contribution in [3.8, 4) is 0 Å². The Hall–Kier alpha value is -1.64. The van der Waals surface area contributed by atoms with Crippen molar-refractivity contribution in [3.05, 3.63) is 41.5 Å². The minimum atomic E-state index is 0.663. The molecule has 60 valence electrons. The Morgan fingerprint density at radius 3 is 3.08 bits per heavy atom. The highest BCUT2D eigenvalue weighted by Crippen LogP contribution is 2.09. The van der Waals surface area contributed by atoms with Gasteiger partial charge in [0.15, 0.2) is 6.20 Å². The summed E-state index contributed by atoms with van der Waals surface area (Å²) in [5, 5.41) is 12.0. The quantitative estimate of drug-likeness (QED) is 0.428. The molecule has 0 saturated heterocycles. The standard InChI is InChI=1S/C9H8N2O/c1-7-2-3-9-8(4-7)5-10-6-11(9)12/h2-6H,1H3. The van der Waals surface area contributed by atoms with E-state index in [1.807, 2.05) is 19.1 Å². The van der Waals surface area contributed by atoms with Gasteiger partial charge in [-0.25, -0.2) is 4.73 Å². The van der Waals surface area contributed by atoms with Gasteiger partial charge in [-0.2, -0.15) is 0 Å². The second-order valence-electron chi connectivity index (χ2n) is 2.78. The average molecular weight is 160 g/mol. The van der Waals surface area contributed by atoms with E-state index in [4.69, 9.17) is 0 Å². The third-order valence-electron chi connectivity index (χ3n) is 1.81. The van der Waals surface area contributed by atoms with E-state index in [1.165, 1.54) is 6.33 Å². The minimum absolute atomic E-state index is 0.663. The summed E-state index contributed by atoms with van der Waals surface area (Å²) in [7, 11) is 0. The summed E-state index contributed by atoms with van der Waals surface area (Å²) >= 11 is 0. The van der Waals surface area contributed by atoms with Crippen LogP contribution in [0.25, 0.3) is 10.9 Å². The molecule has 0 fully saturated rings. The van der Waals surface area contributed by atoms with Gasteiger partial charge in [-0.1, -0.05) is 16.6 Å². The Kier molecular flexibility index (Phi) is 1.43. The highest BCUT2D eigenvalue weighted by molar-refractivity contribution is 5.75. The van der Waals surface area contributed by atoms with Gasteiger partial charge in [0.2, 0.25) is 0 Å². The van der Waals surface area contributed by atoms with Crippen LogP contribution in [0, 0.1) is 12.1 Å². The lowest BCUT2D eigenvalue weighted by Crippen LogP contribution is -2.26. The summed E-state index contributed by atoms with van der Waals surface area (Å²) in [5.74, 6) is 0. The molecule has 2 aromatic rings. The van der Waals surface area contributed by atoms with E-state index >= 15 is 0 Å². The van der Waals surface area contributed by atoms with Crippen LogP contribution in [-0.2, 0) is 0 Å². The molecule has 0 bridgehead atoms. The molecular weight excluding hydrogens is 152 g/mol. The molecule has 0 N–H and O–H groups in total. The normalized spacial score (nSPS) is 10.4. The summed E-state index contributed by atoms with van der Waals surface area (Å²) in [4.78, 5) is 3.80. The number of aryl methyl sites for hydroxylation is 1. The number of aromatic nitrogens is 2. The maximum atomic E-state index is 11.1. The molecule has 0 aliphatic rings. The fourth-order valence-corrected chi connectivity index (χ4v) is 1.21. The molecule has 2 rings (SSSR count). The van der Waals surface area contributed by atoms with Crippen LogP contribution in [-0.4, -0.2) is 4.98 Å². The largest absolute Gasteiger partial charge is 0.710 e. The van der Waals surface area contributed by atoms with Gasteiger partial charge in [0.25, 0.3) is 6.33 Å². The molecule has 3 heteroatoms. The van der Waals surface area contributed by atoms with E-state index in [9.17, 15) is 5.21 Å². The number of hydrogen-bond donors (Lipinski definition) is 0. The monoisotopic (exact) mass is 160 g/mol. The molecule has 0 spiro atoms. The van der Waals surface area contributed by atoms with Crippen LogP contribution in [0.4, 0.5) is 0 Å². The first-order chi connectivity index (χ1) is 5.77. The minimum Gasteiger partial charge on any atom is -0.710 e. The molecule has 0 aliphatic heterocycles. The van der Waals surface area contributed by atoms with E-state index in [-0.39, 0.29) is 0 Å². The van der Waals surface area contributed by atoms with Crippen LogP contribution in [0.5, 0.6) is 0 Å². The van der Waals surface area contributed by atoms with Crippen LogP contribution in [0.15, 0.2) is 30.7 Å². The summed E-state index contributed by atoms with van der Waals surface area (Å²) in [6.07, 6.45) is 2.95. The molecule has 0 aliphatic carbocycles. The molecule has 0 unspecified atom stereocenters. The van der Waals surface area contributed by atoms with Gasteiger partial charge in [-0.15, -0.1) is 0 Å². The molecule has 3 nitrogen and oxygen atoms in total. The Balaban J connectivity index is 2.86. The molecule has 0 radical (unpaired) electrons. The Morgan fingerprint density at radius 1 is 1.42 bits per heavy atom. The van der Waals surface area contributed by atoms with Gasteiger partial charge in [0.05, 0.1) is 5.39 Å². The van der Waals surface area contributed by atoms with Crippen LogP contribution in [0.2, 0.25) is 0 Å². The fourth-order valence-electron chi connectivity index (χ4n) is 1.21. The summed E-state index contributed by atoms with van der Waals surface area (Å²) in [6.45, 7) is 1.99. The average Bonchev–Trinajstić information content (AvgIpc) is 2.04. The Bertz CT molecular complexity index is 426. The van der Waals surface area contributed by atoms with Crippen LogP contribution in [0.1, 0.15) is 5.56 Å². The van der Waals surface area contributed by atoms with E-state index < -0.39 is 0 Å². The van der Waals surface area contributed by atoms with Crippen molar-refractivity contribution in [3.63, 3.8) is 0 Å².